The van der Waals surface area contributed by atoms with Crippen molar-refractivity contribution in [3.05, 3.63) is 53.7 Å². The SMILES string of the molecule is NCc1ccnc(Oc2ccc(C(=O)O)cc2)c1. The van der Waals surface area contributed by atoms with Gasteiger partial charge in [-0.15, -0.1) is 0 Å². The minimum absolute atomic E-state index is 0.214. The van der Waals surface area contributed by atoms with Gasteiger partial charge in [0.25, 0.3) is 0 Å². The number of hydrogen-bond acceptors (Lipinski definition) is 4. The van der Waals surface area contributed by atoms with Crippen LogP contribution >= 0.6 is 0 Å². The summed E-state index contributed by atoms with van der Waals surface area (Å²) in [6, 6.07) is 9.67. The lowest BCUT2D eigenvalue weighted by atomic mass is 10.2. The summed E-state index contributed by atoms with van der Waals surface area (Å²) in [5, 5.41) is 8.77. The van der Waals surface area contributed by atoms with Gasteiger partial charge in [-0.25, -0.2) is 9.78 Å². The summed E-state index contributed by atoms with van der Waals surface area (Å²) in [6.07, 6.45) is 1.61. The van der Waals surface area contributed by atoms with E-state index in [1.807, 2.05) is 0 Å². The lowest BCUT2D eigenvalue weighted by Crippen LogP contribution is -1.98. The van der Waals surface area contributed by atoms with Gasteiger partial charge in [-0.1, -0.05) is 0 Å². The Kier molecular flexibility index (Phi) is 3.54. The van der Waals surface area contributed by atoms with Crippen molar-refractivity contribution in [3.8, 4) is 11.6 Å². The largest absolute Gasteiger partial charge is 0.478 e. The number of hydrogen-bond donors (Lipinski definition) is 2. The number of aromatic nitrogens is 1. The molecule has 0 fully saturated rings. The van der Waals surface area contributed by atoms with E-state index in [2.05, 4.69) is 4.98 Å². The Labute approximate surface area is 104 Å². The highest BCUT2D eigenvalue weighted by molar-refractivity contribution is 5.87. The number of nitrogens with zero attached hydrogens (tertiary/aromatic N) is 1. The highest BCUT2D eigenvalue weighted by Crippen LogP contribution is 2.20. The average molecular weight is 244 g/mol. The zero-order valence-electron chi connectivity index (χ0n) is 9.54. The summed E-state index contributed by atoms with van der Waals surface area (Å²) in [6.45, 7) is 0.414. The molecule has 0 spiro atoms. The Balaban J connectivity index is 2.15. The molecule has 18 heavy (non-hydrogen) atoms. The number of pyridine rings is 1. The van der Waals surface area contributed by atoms with Crippen molar-refractivity contribution >= 4 is 5.97 Å². The van der Waals surface area contributed by atoms with Gasteiger partial charge >= 0.3 is 5.97 Å². The van der Waals surface area contributed by atoms with Crippen LogP contribution in [0.5, 0.6) is 11.6 Å². The fraction of sp³-hybridized carbons (Fsp3) is 0.0769. The quantitative estimate of drug-likeness (QED) is 0.859. The summed E-state index contributed by atoms with van der Waals surface area (Å²) in [5.74, 6) is -0.00694. The topological polar surface area (TPSA) is 85.4 Å². The van der Waals surface area contributed by atoms with Crippen LogP contribution < -0.4 is 10.5 Å². The molecule has 0 aliphatic carbocycles. The third-order valence-corrected chi connectivity index (χ3v) is 2.36. The maximum Gasteiger partial charge on any atom is 0.335 e. The Morgan fingerprint density at radius 2 is 2.00 bits per heavy atom. The third-order valence-electron chi connectivity index (χ3n) is 2.36. The zero-order chi connectivity index (χ0) is 13.0. The fourth-order valence-electron chi connectivity index (χ4n) is 1.42. The van der Waals surface area contributed by atoms with E-state index in [1.165, 1.54) is 12.1 Å². The van der Waals surface area contributed by atoms with Gasteiger partial charge in [0.15, 0.2) is 0 Å². The molecule has 1 aromatic heterocycles. The number of carboxylic acid groups (broad SMARTS) is 1. The molecular weight excluding hydrogens is 232 g/mol. The first kappa shape index (κ1) is 12.1. The standard InChI is InChI=1S/C13H12N2O3/c14-8-9-5-6-15-12(7-9)18-11-3-1-10(2-4-11)13(16)17/h1-7H,8,14H2,(H,16,17). The predicted octanol–water partition coefficient (Wildman–Crippen LogP) is 2.03. The average Bonchev–Trinajstić information content (AvgIpc) is 2.39. The number of carbonyl (C=O) groups is 1. The summed E-state index contributed by atoms with van der Waals surface area (Å²) in [7, 11) is 0. The first-order valence-corrected chi connectivity index (χ1v) is 5.35. The van der Waals surface area contributed by atoms with E-state index in [4.69, 9.17) is 15.6 Å². The van der Waals surface area contributed by atoms with Gasteiger partial charge < -0.3 is 15.6 Å². The van der Waals surface area contributed by atoms with E-state index in [-0.39, 0.29) is 5.56 Å². The van der Waals surface area contributed by atoms with E-state index in [9.17, 15) is 4.79 Å². The molecule has 92 valence electrons. The van der Waals surface area contributed by atoms with Crippen molar-refractivity contribution in [2.45, 2.75) is 6.54 Å². The first-order valence-electron chi connectivity index (χ1n) is 5.35. The lowest BCUT2D eigenvalue weighted by Gasteiger charge is -2.05. The Hall–Kier alpha value is -2.40. The van der Waals surface area contributed by atoms with Crippen molar-refractivity contribution in [1.29, 1.82) is 0 Å². The molecule has 0 aliphatic rings. The van der Waals surface area contributed by atoms with Crippen molar-refractivity contribution in [1.82, 2.24) is 4.98 Å². The van der Waals surface area contributed by atoms with Gasteiger partial charge in [-0.2, -0.15) is 0 Å². The number of aromatic carboxylic acids is 1. The summed E-state index contributed by atoms with van der Waals surface area (Å²) >= 11 is 0. The van der Waals surface area contributed by atoms with Crippen LogP contribution in [0, 0.1) is 0 Å². The van der Waals surface area contributed by atoms with Gasteiger partial charge in [-0.05, 0) is 35.9 Å². The molecule has 1 aromatic carbocycles. The minimum atomic E-state index is -0.968. The van der Waals surface area contributed by atoms with Crippen LogP contribution in [-0.2, 0) is 6.54 Å². The molecule has 2 rings (SSSR count). The smallest absolute Gasteiger partial charge is 0.335 e. The number of benzene rings is 1. The highest BCUT2D eigenvalue weighted by Gasteiger charge is 2.03. The number of nitrogens with two attached hydrogens (primary N) is 1. The molecule has 5 nitrogen and oxygen atoms in total. The number of ether oxygens (including phenoxy) is 1. The molecule has 0 saturated heterocycles. The molecule has 2 aromatic rings. The van der Waals surface area contributed by atoms with Gasteiger partial charge in [0, 0.05) is 18.8 Å². The summed E-state index contributed by atoms with van der Waals surface area (Å²) < 4.78 is 5.50. The van der Waals surface area contributed by atoms with Crippen LogP contribution in [0.2, 0.25) is 0 Å². The molecule has 0 radical (unpaired) electrons. The molecular formula is C13H12N2O3. The van der Waals surface area contributed by atoms with Gasteiger partial charge in [-0.3, -0.25) is 0 Å². The van der Waals surface area contributed by atoms with Crippen LogP contribution in [0.1, 0.15) is 15.9 Å². The Morgan fingerprint density at radius 3 is 2.61 bits per heavy atom. The van der Waals surface area contributed by atoms with Gasteiger partial charge in [0.2, 0.25) is 5.88 Å². The number of rotatable bonds is 4. The van der Waals surface area contributed by atoms with Crippen molar-refractivity contribution in [2.75, 3.05) is 0 Å². The van der Waals surface area contributed by atoms with Gasteiger partial charge in [0.05, 0.1) is 5.56 Å². The second-order valence-electron chi connectivity index (χ2n) is 3.64. The summed E-state index contributed by atoms with van der Waals surface area (Å²) in [4.78, 5) is 14.7. The fourth-order valence-corrected chi connectivity index (χ4v) is 1.42. The highest BCUT2D eigenvalue weighted by atomic mass is 16.5. The van der Waals surface area contributed by atoms with Crippen LogP contribution in [0.15, 0.2) is 42.6 Å². The third kappa shape index (κ3) is 2.83. The normalized spacial score (nSPS) is 10.1. The molecule has 5 heteroatoms. The molecule has 0 atom stereocenters. The van der Waals surface area contributed by atoms with Crippen LogP contribution in [-0.4, -0.2) is 16.1 Å². The van der Waals surface area contributed by atoms with Crippen molar-refractivity contribution in [3.63, 3.8) is 0 Å². The van der Waals surface area contributed by atoms with E-state index < -0.39 is 5.97 Å². The second kappa shape index (κ2) is 5.29. The monoisotopic (exact) mass is 244 g/mol. The van der Waals surface area contributed by atoms with E-state index in [0.29, 0.717) is 18.2 Å². The minimum Gasteiger partial charge on any atom is -0.478 e. The van der Waals surface area contributed by atoms with Gasteiger partial charge in [0.1, 0.15) is 5.75 Å². The lowest BCUT2D eigenvalue weighted by molar-refractivity contribution is 0.0697. The van der Waals surface area contributed by atoms with Crippen LogP contribution in [0.25, 0.3) is 0 Å². The first-order chi connectivity index (χ1) is 8.69. The van der Waals surface area contributed by atoms with Crippen LogP contribution in [0.4, 0.5) is 0 Å². The van der Waals surface area contributed by atoms with E-state index in [0.717, 1.165) is 5.56 Å². The van der Waals surface area contributed by atoms with Crippen LogP contribution in [0.3, 0.4) is 0 Å². The Bertz CT molecular complexity index is 552. The van der Waals surface area contributed by atoms with E-state index in [1.54, 1.807) is 30.5 Å². The van der Waals surface area contributed by atoms with Crippen molar-refractivity contribution < 1.29 is 14.6 Å². The molecule has 0 bridgehead atoms. The zero-order valence-corrected chi connectivity index (χ0v) is 9.54. The molecule has 1 heterocycles. The summed E-state index contributed by atoms with van der Waals surface area (Å²) in [5.41, 5.74) is 6.65. The molecule has 0 amide bonds. The Morgan fingerprint density at radius 1 is 1.28 bits per heavy atom. The second-order valence-corrected chi connectivity index (χ2v) is 3.64. The molecule has 0 aliphatic heterocycles. The molecule has 0 saturated carbocycles. The van der Waals surface area contributed by atoms with E-state index >= 15 is 0 Å². The predicted molar refractivity (Wildman–Crippen MR) is 65.6 cm³/mol. The maximum atomic E-state index is 10.7. The molecule has 0 unspecified atom stereocenters. The molecule has 3 N–H and O–H groups in total. The number of carboxylic acids is 1. The maximum absolute atomic E-state index is 10.7. The van der Waals surface area contributed by atoms with Crippen molar-refractivity contribution in [2.24, 2.45) is 5.73 Å².